The van der Waals surface area contributed by atoms with Crippen LogP contribution in [0.3, 0.4) is 0 Å². The highest BCUT2D eigenvalue weighted by atomic mass is 19.1. The Morgan fingerprint density at radius 3 is 2.55 bits per heavy atom. The Kier molecular flexibility index (Phi) is 6.26. The molecule has 0 saturated heterocycles. The van der Waals surface area contributed by atoms with Gasteiger partial charge in [-0.1, -0.05) is 29.8 Å². The first-order valence-electron chi connectivity index (χ1n) is 10.3. The molecule has 5 nitrogen and oxygen atoms in total. The van der Waals surface area contributed by atoms with E-state index in [1.807, 2.05) is 55.5 Å². The molecule has 1 heterocycles. The van der Waals surface area contributed by atoms with Gasteiger partial charge in [-0.2, -0.15) is 0 Å². The van der Waals surface area contributed by atoms with Gasteiger partial charge >= 0.3 is 0 Å². The zero-order valence-electron chi connectivity index (χ0n) is 17.3. The average Bonchev–Trinajstić information content (AvgIpc) is 3.13. The Morgan fingerprint density at radius 1 is 1.03 bits per heavy atom. The number of rotatable bonds is 8. The molecule has 0 radical (unpaired) electrons. The van der Waals surface area contributed by atoms with E-state index in [1.165, 1.54) is 29.8 Å². The highest BCUT2D eigenvalue weighted by Crippen LogP contribution is 2.17. The summed E-state index contributed by atoms with van der Waals surface area (Å²) in [5.74, 6) is 1.12. The smallest absolute Gasteiger partial charge is 0.251 e. The average molecular weight is 417 g/mol. The Labute approximate surface area is 180 Å². The normalized spacial score (nSPS) is 10.9. The Morgan fingerprint density at radius 2 is 1.77 bits per heavy atom. The van der Waals surface area contributed by atoms with Crippen molar-refractivity contribution in [2.75, 3.05) is 13.2 Å². The Hall–Kier alpha value is -3.67. The van der Waals surface area contributed by atoms with Gasteiger partial charge in [0.1, 0.15) is 24.0 Å². The maximum atomic E-state index is 13.0. The number of imidazole rings is 1. The first-order valence-corrected chi connectivity index (χ1v) is 10.3. The number of nitrogens with one attached hydrogen (secondary N) is 1. The third-order valence-electron chi connectivity index (χ3n) is 5.08. The number of benzene rings is 3. The van der Waals surface area contributed by atoms with Crippen LogP contribution >= 0.6 is 0 Å². The second-order valence-corrected chi connectivity index (χ2v) is 7.34. The first-order chi connectivity index (χ1) is 15.1. The molecule has 0 fully saturated rings. The lowest BCUT2D eigenvalue weighted by Gasteiger charge is -2.11. The van der Waals surface area contributed by atoms with Crippen molar-refractivity contribution in [1.82, 2.24) is 14.9 Å². The second-order valence-electron chi connectivity index (χ2n) is 7.34. The number of fused-ring (bicyclic) bond motifs is 1. The predicted octanol–water partition coefficient (Wildman–Crippen LogP) is 4.54. The standard InChI is InChI=1S/C25H24FN3O2/c1-18-6-12-21(13-7-18)31-17-16-29-23-5-3-2-4-22(23)28-24(29)14-15-27-25(30)19-8-10-20(26)11-9-19/h2-13H,14-17H2,1H3,(H,27,30). The summed E-state index contributed by atoms with van der Waals surface area (Å²) < 4.78 is 21.1. The van der Waals surface area contributed by atoms with Crippen molar-refractivity contribution >= 4 is 16.9 Å². The largest absolute Gasteiger partial charge is 0.492 e. The van der Waals surface area contributed by atoms with Crippen LogP contribution in [0.15, 0.2) is 72.8 Å². The maximum Gasteiger partial charge on any atom is 0.251 e. The second kappa shape index (κ2) is 9.43. The van der Waals surface area contributed by atoms with E-state index in [2.05, 4.69) is 9.88 Å². The van der Waals surface area contributed by atoms with Gasteiger partial charge in [0.05, 0.1) is 17.6 Å². The van der Waals surface area contributed by atoms with Gasteiger partial charge in [-0.25, -0.2) is 9.37 Å². The molecule has 158 valence electrons. The molecular formula is C25H24FN3O2. The number of halogens is 1. The summed E-state index contributed by atoms with van der Waals surface area (Å²) >= 11 is 0. The molecule has 0 aliphatic rings. The van der Waals surface area contributed by atoms with E-state index < -0.39 is 0 Å². The van der Waals surface area contributed by atoms with Crippen LogP contribution in [0.2, 0.25) is 0 Å². The molecule has 0 unspecified atom stereocenters. The van der Waals surface area contributed by atoms with Crippen molar-refractivity contribution in [3.63, 3.8) is 0 Å². The molecule has 0 saturated carbocycles. The first kappa shape index (κ1) is 20.6. The summed E-state index contributed by atoms with van der Waals surface area (Å²) in [6.07, 6.45) is 0.576. The molecule has 0 spiro atoms. The van der Waals surface area contributed by atoms with E-state index in [1.54, 1.807) is 0 Å². The van der Waals surface area contributed by atoms with Gasteiger partial charge in [0, 0.05) is 18.5 Å². The van der Waals surface area contributed by atoms with Gasteiger partial charge in [-0.15, -0.1) is 0 Å². The highest BCUT2D eigenvalue weighted by Gasteiger charge is 2.12. The topological polar surface area (TPSA) is 56.1 Å². The van der Waals surface area contributed by atoms with Crippen molar-refractivity contribution in [2.24, 2.45) is 0 Å². The minimum Gasteiger partial charge on any atom is -0.492 e. The van der Waals surface area contributed by atoms with Crippen molar-refractivity contribution in [2.45, 2.75) is 19.9 Å². The molecule has 1 aromatic heterocycles. The minimum absolute atomic E-state index is 0.231. The van der Waals surface area contributed by atoms with E-state index >= 15 is 0 Å². The number of aromatic nitrogens is 2. The number of amides is 1. The van der Waals surface area contributed by atoms with Gasteiger partial charge in [-0.05, 0) is 55.5 Å². The lowest BCUT2D eigenvalue weighted by Crippen LogP contribution is -2.26. The number of ether oxygens (including phenoxy) is 1. The molecule has 3 aromatic carbocycles. The number of carbonyl (C=O) groups excluding carboxylic acids is 1. The summed E-state index contributed by atoms with van der Waals surface area (Å²) in [6, 6.07) is 21.5. The minimum atomic E-state index is -0.363. The molecule has 6 heteroatoms. The van der Waals surface area contributed by atoms with Crippen molar-refractivity contribution in [3.8, 4) is 5.75 Å². The van der Waals surface area contributed by atoms with Crippen molar-refractivity contribution in [1.29, 1.82) is 0 Å². The molecule has 0 aliphatic carbocycles. The SMILES string of the molecule is Cc1ccc(OCCn2c(CCNC(=O)c3ccc(F)cc3)nc3ccccc32)cc1. The van der Waals surface area contributed by atoms with Crippen LogP contribution in [0.25, 0.3) is 11.0 Å². The van der Waals surface area contributed by atoms with Gasteiger partial charge in [0.15, 0.2) is 0 Å². The Bertz CT molecular complexity index is 1170. The van der Waals surface area contributed by atoms with E-state index in [4.69, 9.17) is 9.72 Å². The van der Waals surface area contributed by atoms with Crippen LogP contribution in [0.1, 0.15) is 21.7 Å². The monoisotopic (exact) mass is 417 g/mol. The van der Waals surface area contributed by atoms with Gasteiger partial charge in [-0.3, -0.25) is 4.79 Å². The van der Waals surface area contributed by atoms with Gasteiger partial charge in [0.2, 0.25) is 0 Å². The van der Waals surface area contributed by atoms with Gasteiger partial charge < -0.3 is 14.6 Å². The van der Waals surface area contributed by atoms with E-state index in [-0.39, 0.29) is 11.7 Å². The van der Waals surface area contributed by atoms with Crippen LogP contribution < -0.4 is 10.1 Å². The zero-order chi connectivity index (χ0) is 21.6. The lowest BCUT2D eigenvalue weighted by molar-refractivity contribution is 0.0954. The molecule has 4 rings (SSSR count). The molecule has 0 aliphatic heterocycles. The quantitative estimate of drug-likeness (QED) is 0.458. The maximum absolute atomic E-state index is 13.0. The zero-order valence-corrected chi connectivity index (χ0v) is 17.3. The lowest BCUT2D eigenvalue weighted by atomic mass is 10.2. The number of para-hydroxylation sites is 2. The highest BCUT2D eigenvalue weighted by molar-refractivity contribution is 5.94. The third kappa shape index (κ3) is 5.09. The van der Waals surface area contributed by atoms with Crippen LogP contribution in [0.4, 0.5) is 4.39 Å². The fourth-order valence-electron chi connectivity index (χ4n) is 3.45. The molecule has 1 N–H and O–H groups in total. The summed E-state index contributed by atoms with van der Waals surface area (Å²) in [5, 5.41) is 2.88. The van der Waals surface area contributed by atoms with Crippen molar-refractivity contribution < 1.29 is 13.9 Å². The number of carbonyl (C=O) groups is 1. The number of nitrogens with zero attached hydrogens (tertiary/aromatic N) is 2. The predicted molar refractivity (Wildman–Crippen MR) is 119 cm³/mol. The number of hydrogen-bond donors (Lipinski definition) is 1. The van der Waals surface area contributed by atoms with Crippen LogP contribution in [0.5, 0.6) is 5.75 Å². The number of hydrogen-bond acceptors (Lipinski definition) is 3. The Balaban J connectivity index is 1.41. The van der Waals surface area contributed by atoms with Crippen LogP contribution in [0, 0.1) is 12.7 Å². The van der Waals surface area contributed by atoms with E-state index in [9.17, 15) is 9.18 Å². The molecular weight excluding hydrogens is 393 g/mol. The molecule has 0 atom stereocenters. The molecule has 31 heavy (non-hydrogen) atoms. The van der Waals surface area contributed by atoms with Crippen LogP contribution in [-0.2, 0) is 13.0 Å². The third-order valence-corrected chi connectivity index (χ3v) is 5.08. The summed E-state index contributed by atoms with van der Waals surface area (Å²) in [7, 11) is 0. The van der Waals surface area contributed by atoms with E-state index in [0.717, 1.165) is 22.6 Å². The number of aryl methyl sites for hydroxylation is 1. The van der Waals surface area contributed by atoms with E-state index in [0.29, 0.717) is 31.7 Å². The van der Waals surface area contributed by atoms with Crippen LogP contribution in [-0.4, -0.2) is 28.6 Å². The summed E-state index contributed by atoms with van der Waals surface area (Å²) in [5.41, 5.74) is 3.58. The summed E-state index contributed by atoms with van der Waals surface area (Å²) in [6.45, 7) is 3.63. The fourth-order valence-corrected chi connectivity index (χ4v) is 3.45. The summed E-state index contributed by atoms with van der Waals surface area (Å²) in [4.78, 5) is 17.0. The molecule has 1 amide bonds. The fraction of sp³-hybridized carbons (Fsp3) is 0.200. The van der Waals surface area contributed by atoms with Gasteiger partial charge in [0.25, 0.3) is 5.91 Å². The molecule has 0 bridgehead atoms. The van der Waals surface area contributed by atoms with Crippen molar-refractivity contribution in [3.05, 3.63) is 95.6 Å². The molecule has 4 aromatic rings.